The van der Waals surface area contributed by atoms with Gasteiger partial charge >= 0.3 is 0 Å². The van der Waals surface area contributed by atoms with Gasteiger partial charge in [-0.2, -0.15) is 5.06 Å². The lowest BCUT2D eigenvalue weighted by Gasteiger charge is -2.62. The monoisotopic (exact) mass is 734 g/mol. The van der Waals surface area contributed by atoms with E-state index in [2.05, 4.69) is 38.0 Å². The first-order valence-corrected chi connectivity index (χ1v) is 18.9. The molecule has 7 rings (SSSR count). The first-order valence-electron chi connectivity index (χ1n) is 18.9. The Kier molecular flexibility index (Phi) is 11.5. The quantitative estimate of drug-likeness (QED) is 0.207. The molecular weight excluding hydrogens is 676 g/mol. The number of rotatable bonds is 14. The van der Waals surface area contributed by atoms with E-state index in [9.17, 15) is 19.8 Å². The van der Waals surface area contributed by atoms with Gasteiger partial charge in [0.15, 0.2) is 11.5 Å². The number of likely N-dealkylation sites (N-methyl/N-ethyl adjacent to an activating group) is 1. The Morgan fingerprint density at radius 1 is 1.19 bits per heavy atom. The first-order chi connectivity index (χ1) is 25.1. The first kappa shape index (κ1) is 39.0. The van der Waals surface area contributed by atoms with Crippen molar-refractivity contribution in [2.45, 2.75) is 90.8 Å². The largest absolute Gasteiger partial charge is 0.496 e. The molecule has 0 radical (unpaired) electrons. The zero-order valence-corrected chi connectivity index (χ0v) is 32.5. The van der Waals surface area contributed by atoms with E-state index in [0.29, 0.717) is 64.7 Å². The van der Waals surface area contributed by atoms with Crippen LogP contribution in [0.3, 0.4) is 0 Å². The summed E-state index contributed by atoms with van der Waals surface area (Å²) in [6, 6.07) is 8.31. The molecule has 1 unspecified atom stereocenters. The van der Waals surface area contributed by atoms with Gasteiger partial charge in [0.1, 0.15) is 17.9 Å². The Labute approximate surface area is 313 Å². The standard InChI is InChI=1S/C41H58N4O8/c1-22(2)13-28(19-44(7)8)42-39(48)30-14-26(15-33-38(30)52-21-51-33)29-12-10-11-25(37(29)50-9)18-45-36(35(24(4)47)34(20-46)53-45)40(49)43-32-17-27-16-31(23(32)3)41(27,5)6/h10-12,14-15,23-24,27-28,31-32,34-36,46-47H,1,13,16-21H2,2-9H3,(H,42,48)(H,43,49)/t23-,24-,27+,28-,31-,32?,34-,35+,36-/m0/s1. The zero-order chi connectivity index (χ0) is 38.4. The molecule has 12 heteroatoms. The van der Waals surface area contributed by atoms with Crippen molar-refractivity contribution >= 4 is 11.8 Å². The lowest BCUT2D eigenvalue weighted by atomic mass is 9.45. The number of aliphatic hydroxyl groups excluding tert-OH is 2. The number of benzene rings is 2. The number of hydrogen-bond acceptors (Lipinski definition) is 10. The van der Waals surface area contributed by atoms with Gasteiger partial charge in [-0.1, -0.05) is 44.5 Å². The van der Waals surface area contributed by atoms with E-state index in [-0.39, 0.29) is 49.3 Å². The van der Waals surface area contributed by atoms with Crippen molar-refractivity contribution in [1.82, 2.24) is 20.6 Å². The normalized spacial score (nSPS) is 28.2. The number of carbonyl (C=O) groups is 2. The maximum absolute atomic E-state index is 14.2. The van der Waals surface area contributed by atoms with Crippen LogP contribution < -0.4 is 24.8 Å². The number of carbonyl (C=O) groups excluding carboxylic acids is 2. The lowest BCUT2D eigenvalue weighted by Crippen LogP contribution is -2.62. The summed E-state index contributed by atoms with van der Waals surface area (Å²) in [4.78, 5) is 36.4. The van der Waals surface area contributed by atoms with Gasteiger partial charge in [0.05, 0.1) is 31.9 Å². The van der Waals surface area contributed by atoms with Crippen molar-refractivity contribution in [2.75, 3.05) is 41.1 Å². The van der Waals surface area contributed by atoms with Gasteiger partial charge in [-0.3, -0.25) is 14.4 Å². The average Bonchev–Trinajstić information content (AvgIpc) is 3.72. The molecule has 1 saturated heterocycles. The molecule has 5 aliphatic rings. The van der Waals surface area contributed by atoms with E-state index in [1.807, 2.05) is 50.2 Å². The topological polar surface area (TPSA) is 142 Å². The summed E-state index contributed by atoms with van der Waals surface area (Å²) in [6.07, 6.45) is 1.06. The van der Waals surface area contributed by atoms with Crippen LogP contribution in [0.2, 0.25) is 0 Å². The maximum atomic E-state index is 14.2. The average molecular weight is 735 g/mol. The third-order valence-corrected chi connectivity index (χ3v) is 12.2. The second-order valence-electron chi connectivity index (χ2n) is 16.6. The highest BCUT2D eigenvalue weighted by molar-refractivity contribution is 6.00. The van der Waals surface area contributed by atoms with Gasteiger partial charge in [0.25, 0.3) is 5.91 Å². The molecule has 9 atom stereocenters. The molecule has 2 aromatic rings. The Morgan fingerprint density at radius 3 is 2.57 bits per heavy atom. The van der Waals surface area contributed by atoms with Gasteiger partial charge < -0.3 is 40.0 Å². The number of hydroxylamine groups is 2. The summed E-state index contributed by atoms with van der Waals surface area (Å²) in [5.41, 5.74) is 3.69. The SMILES string of the molecule is C=C(C)C[C@@H](CN(C)C)NC(=O)c1cc(-c2cccc(CN3O[C@@H](CO)[C@@H]([C@H](C)O)[C@H]3C(=O)NC3C[C@H]4C[C@@H]([C@@H]3C)C4(C)C)c2OC)cc2c1OCO2. The number of amides is 2. The van der Waals surface area contributed by atoms with Crippen molar-refractivity contribution in [1.29, 1.82) is 0 Å². The Bertz CT molecular complexity index is 1690. The molecule has 2 bridgehead atoms. The van der Waals surface area contributed by atoms with E-state index < -0.39 is 24.2 Å². The molecule has 2 aliphatic heterocycles. The van der Waals surface area contributed by atoms with Gasteiger partial charge in [-0.25, -0.2) is 0 Å². The number of fused-ring (bicyclic) bond motifs is 3. The number of ether oxygens (including phenoxy) is 3. The zero-order valence-electron chi connectivity index (χ0n) is 32.5. The fraction of sp³-hybridized carbons (Fsp3) is 0.610. The summed E-state index contributed by atoms with van der Waals surface area (Å²) >= 11 is 0. The lowest BCUT2D eigenvalue weighted by molar-refractivity contribution is -0.183. The van der Waals surface area contributed by atoms with Crippen molar-refractivity contribution in [3.63, 3.8) is 0 Å². The van der Waals surface area contributed by atoms with Crippen molar-refractivity contribution in [3.05, 3.63) is 53.6 Å². The van der Waals surface area contributed by atoms with Crippen molar-refractivity contribution in [3.8, 4) is 28.4 Å². The highest BCUT2D eigenvalue weighted by Crippen LogP contribution is 2.61. The van der Waals surface area contributed by atoms with Crippen LogP contribution in [-0.4, -0.2) is 103 Å². The summed E-state index contributed by atoms with van der Waals surface area (Å²) < 4.78 is 17.6. The Balaban J connectivity index is 1.29. The predicted molar refractivity (Wildman–Crippen MR) is 201 cm³/mol. The molecule has 0 aromatic heterocycles. The molecule has 3 saturated carbocycles. The predicted octanol–water partition coefficient (Wildman–Crippen LogP) is 4.38. The van der Waals surface area contributed by atoms with E-state index in [1.165, 1.54) is 6.42 Å². The minimum absolute atomic E-state index is 0.00589. The molecule has 4 fully saturated rings. The molecule has 2 aromatic carbocycles. The third kappa shape index (κ3) is 7.66. The second-order valence-corrected chi connectivity index (χ2v) is 16.6. The highest BCUT2D eigenvalue weighted by Gasteiger charge is 2.57. The summed E-state index contributed by atoms with van der Waals surface area (Å²) in [6.45, 7) is 14.9. The minimum Gasteiger partial charge on any atom is -0.496 e. The summed E-state index contributed by atoms with van der Waals surface area (Å²) in [5.74, 6) is 1.63. The van der Waals surface area contributed by atoms with E-state index in [1.54, 1.807) is 25.2 Å². The van der Waals surface area contributed by atoms with Crippen LogP contribution in [0.25, 0.3) is 11.1 Å². The molecule has 2 heterocycles. The molecular formula is C41H58N4O8. The fourth-order valence-electron chi connectivity index (χ4n) is 9.45. The van der Waals surface area contributed by atoms with Gasteiger partial charge in [-0.15, -0.1) is 6.58 Å². The second kappa shape index (κ2) is 15.6. The molecule has 2 amide bonds. The van der Waals surface area contributed by atoms with E-state index >= 15 is 0 Å². The van der Waals surface area contributed by atoms with Crippen molar-refractivity contribution < 1.29 is 38.9 Å². The summed E-state index contributed by atoms with van der Waals surface area (Å²) in [5, 5.41) is 29.3. The highest BCUT2D eigenvalue weighted by atomic mass is 16.7. The van der Waals surface area contributed by atoms with Crippen LogP contribution in [0.4, 0.5) is 0 Å². The van der Waals surface area contributed by atoms with E-state index in [4.69, 9.17) is 19.0 Å². The Morgan fingerprint density at radius 2 is 1.94 bits per heavy atom. The van der Waals surface area contributed by atoms with Crippen LogP contribution in [-0.2, 0) is 16.2 Å². The summed E-state index contributed by atoms with van der Waals surface area (Å²) in [7, 11) is 5.50. The van der Waals surface area contributed by atoms with Crippen LogP contribution in [0, 0.1) is 29.1 Å². The number of hydrogen-bond donors (Lipinski definition) is 4. The van der Waals surface area contributed by atoms with Crippen LogP contribution in [0.1, 0.15) is 69.8 Å². The maximum Gasteiger partial charge on any atom is 0.255 e. The third-order valence-electron chi connectivity index (χ3n) is 12.2. The van der Waals surface area contributed by atoms with Crippen molar-refractivity contribution in [2.24, 2.45) is 29.1 Å². The number of aliphatic hydroxyl groups is 2. The number of methoxy groups -OCH3 is 1. The van der Waals surface area contributed by atoms with Gasteiger partial charge in [0.2, 0.25) is 12.7 Å². The minimum atomic E-state index is -0.914. The number of para-hydroxylation sites is 1. The van der Waals surface area contributed by atoms with Crippen LogP contribution in [0.15, 0.2) is 42.5 Å². The van der Waals surface area contributed by atoms with E-state index in [0.717, 1.165) is 17.6 Å². The molecule has 290 valence electrons. The van der Waals surface area contributed by atoms with Crippen LogP contribution in [0.5, 0.6) is 17.2 Å². The van der Waals surface area contributed by atoms with Crippen LogP contribution >= 0.6 is 0 Å². The number of nitrogens with one attached hydrogen (secondary N) is 2. The molecule has 3 aliphatic carbocycles. The van der Waals surface area contributed by atoms with Gasteiger partial charge in [-0.05, 0) is 88.1 Å². The fourth-order valence-corrected chi connectivity index (χ4v) is 9.45. The molecule has 0 spiro atoms. The molecule has 4 N–H and O–H groups in total. The molecule has 53 heavy (non-hydrogen) atoms. The molecule has 12 nitrogen and oxygen atoms in total. The number of nitrogens with zero attached hydrogens (tertiary/aromatic N) is 2. The smallest absolute Gasteiger partial charge is 0.255 e. The Hall–Kier alpha value is -3.68. The van der Waals surface area contributed by atoms with Gasteiger partial charge in [0, 0.05) is 35.7 Å².